The minimum absolute atomic E-state index is 0.0647. The Morgan fingerprint density at radius 2 is 1.76 bits per heavy atom. The van der Waals surface area contributed by atoms with Gasteiger partial charge in [-0.15, -0.1) is 0 Å². The van der Waals surface area contributed by atoms with Crippen LogP contribution in [0.1, 0.15) is 11.1 Å². The molecule has 0 heterocycles. The van der Waals surface area contributed by atoms with Gasteiger partial charge in [-0.05, 0) is 17.7 Å². The number of hydrogen-bond acceptors (Lipinski definition) is 3. The van der Waals surface area contributed by atoms with Crippen molar-refractivity contribution in [3.8, 4) is 5.75 Å². The van der Waals surface area contributed by atoms with E-state index in [1.165, 1.54) is 7.11 Å². The van der Waals surface area contributed by atoms with Gasteiger partial charge >= 0.3 is 5.97 Å². The van der Waals surface area contributed by atoms with Crippen molar-refractivity contribution in [1.82, 2.24) is 0 Å². The fourth-order valence-electron chi connectivity index (χ4n) is 1.91. The second kappa shape index (κ2) is 7.26. The number of ether oxygens (including phenoxy) is 2. The summed E-state index contributed by atoms with van der Waals surface area (Å²) >= 11 is 0. The van der Waals surface area contributed by atoms with E-state index >= 15 is 0 Å². The standard InChI is InChI=1S/C17H16O4/c1-20-12-21-16-10-6-5-9-14(16)15(17(18)19)11-13-7-3-2-4-8-13/h2-11H,12H2,1H3,(H,18,19)/b15-11-. The highest BCUT2D eigenvalue weighted by molar-refractivity contribution is 6.21. The number of benzene rings is 2. The minimum Gasteiger partial charge on any atom is -0.478 e. The molecule has 0 amide bonds. The van der Waals surface area contributed by atoms with Crippen LogP contribution in [0.4, 0.5) is 0 Å². The Kier molecular flexibility index (Phi) is 5.12. The van der Waals surface area contributed by atoms with E-state index in [4.69, 9.17) is 9.47 Å². The molecule has 0 bridgehead atoms. The summed E-state index contributed by atoms with van der Waals surface area (Å²) in [5.74, 6) is -0.531. The first-order chi connectivity index (χ1) is 10.2. The third-order valence-corrected chi connectivity index (χ3v) is 2.85. The molecule has 0 spiro atoms. The molecule has 2 aromatic rings. The first kappa shape index (κ1) is 14.8. The van der Waals surface area contributed by atoms with Gasteiger partial charge in [0.05, 0.1) is 5.57 Å². The predicted molar refractivity (Wildman–Crippen MR) is 80.9 cm³/mol. The van der Waals surface area contributed by atoms with Crippen molar-refractivity contribution in [1.29, 1.82) is 0 Å². The van der Waals surface area contributed by atoms with Gasteiger partial charge in [0.25, 0.3) is 0 Å². The van der Waals surface area contributed by atoms with Gasteiger partial charge in [0, 0.05) is 12.7 Å². The maximum Gasteiger partial charge on any atom is 0.336 e. The molecular weight excluding hydrogens is 268 g/mol. The van der Waals surface area contributed by atoms with Gasteiger partial charge in [-0.1, -0.05) is 48.5 Å². The fraction of sp³-hybridized carbons (Fsp3) is 0.118. The van der Waals surface area contributed by atoms with Crippen LogP contribution in [-0.4, -0.2) is 25.0 Å². The van der Waals surface area contributed by atoms with Crippen LogP contribution >= 0.6 is 0 Å². The molecule has 0 saturated heterocycles. The smallest absolute Gasteiger partial charge is 0.336 e. The van der Waals surface area contributed by atoms with Crippen molar-refractivity contribution in [2.45, 2.75) is 0 Å². The number of methoxy groups -OCH3 is 1. The molecule has 21 heavy (non-hydrogen) atoms. The summed E-state index contributed by atoms with van der Waals surface area (Å²) in [4.78, 5) is 11.6. The Hall–Kier alpha value is -2.59. The van der Waals surface area contributed by atoms with Gasteiger partial charge in [0.15, 0.2) is 6.79 Å². The number of aliphatic carboxylic acids is 1. The molecule has 108 valence electrons. The lowest BCUT2D eigenvalue weighted by Gasteiger charge is -2.11. The number of hydrogen-bond donors (Lipinski definition) is 1. The van der Waals surface area contributed by atoms with Crippen LogP contribution in [0.5, 0.6) is 5.75 Å². The lowest BCUT2D eigenvalue weighted by atomic mass is 10.0. The Bertz CT molecular complexity index is 632. The highest BCUT2D eigenvalue weighted by atomic mass is 16.7. The van der Waals surface area contributed by atoms with E-state index in [-0.39, 0.29) is 12.4 Å². The van der Waals surface area contributed by atoms with E-state index in [2.05, 4.69) is 0 Å². The zero-order valence-corrected chi connectivity index (χ0v) is 11.7. The second-order valence-corrected chi connectivity index (χ2v) is 4.32. The molecule has 2 rings (SSSR count). The summed E-state index contributed by atoms with van der Waals surface area (Å²) in [6.07, 6.45) is 1.62. The van der Waals surface area contributed by atoms with E-state index in [0.29, 0.717) is 11.3 Å². The van der Waals surface area contributed by atoms with Crippen molar-refractivity contribution in [3.05, 3.63) is 65.7 Å². The van der Waals surface area contributed by atoms with E-state index < -0.39 is 5.97 Å². The summed E-state index contributed by atoms with van der Waals surface area (Å²) in [5.41, 5.74) is 1.51. The highest BCUT2D eigenvalue weighted by Crippen LogP contribution is 2.28. The summed E-state index contributed by atoms with van der Waals surface area (Å²) < 4.78 is 10.3. The average molecular weight is 284 g/mol. The minimum atomic E-state index is -1.01. The second-order valence-electron chi connectivity index (χ2n) is 4.32. The van der Waals surface area contributed by atoms with Gasteiger partial charge in [0.1, 0.15) is 5.75 Å². The Morgan fingerprint density at radius 1 is 1.10 bits per heavy atom. The normalized spacial score (nSPS) is 11.2. The van der Waals surface area contributed by atoms with Gasteiger partial charge < -0.3 is 14.6 Å². The molecule has 1 N–H and O–H groups in total. The molecule has 0 aliphatic rings. The predicted octanol–water partition coefficient (Wildman–Crippen LogP) is 3.29. The zero-order valence-electron chi connectivity index (χ0n) is 11.7. The number of carboxylic acids is 1. The largest absolute Gasteiger partial charge is 0.478 e. The van der Waals surface area contributed by atoms with Crippen LogP contribution in [0, 0.1) is 0 Å². The van der Waals surface area contributed by atoms with Crippen LogP contribution in [0.3, 0.4) is 0 Å². The zero-order chi connectivity index (χ0) is 15.1. The van der Waals surface area contributed by atoms with Gasteiger partial charge in [-0.2, -0.15) is 0 Å². The van der Waals surface area contributed by atoms with Crippen molar-refractivity contribution in [3.63, 3.8) is 0 Å². The summed E-state index contributed by atoms with van der Waals surface area (Å²) in [7, 11) is 1.51. The number of rotatable bonds is 6. The molecule has 2 aromatic carbocycles. The molecule has 0 aliphatic carbocycles. The Labute approximate surface area is 123 Å². The molecule has 0 atom stereocenters. The van der Waals surface area contributed by atoms with Crippen molar-refractivity contribution >= 4 is 17.6 Å². The molecular formula is C17H16O4. The molecule has 0 unspecified atom stereocenters. The molecule has 4 nitrogen and oxygen atoms in total. The third kappa shape index (κ3) is 3.94. The van der Waals surface area contributed by atoms with E-state index in [1.54, 1.807) is 30.3 Å². The van der Waals surface area contributed by atoms with Gasteiger partial charge in [-0.25, -0.2) is 4.79 Å². The maximum atomic E-state index is 11.6. The van der Waals surface area contributed by atoms with Crippen LogP contribution in [0.2, 0.25) is 0 Å². The highest BCUT2D eigenvalue weighted by Gasteiger charge is 2.15. The van der Waals surface area contributed by atoms with Crippen LogP contribution in [-0.2, 0) is 9.53 Å². The van der Waals surface area contributed by atoms with Gasteiger partial charge in [-0.3, -0.25) is 0 Å². The van der Waals surface area contributed by atoms with Crippen LogP contribution in [0.15, 0.2) is 54.6 Å². The van der Waals surface area contributed by atoms with Crippen LogP contribution < -0.4 is 4.74 Å². The summed E-state index contributed by atoms with van der Waals surface area (Å²) in [5, 5.41) is 9.48. The summed E-state index contributed by atoms with van der Waals surface area (Å²) in [6, 6.07) is 16.3. The number of carboxylic acid groups (broad SMARTS) is 1. The molecule has 0 saturated carbocycles. The summed E-state index contributed by atoms with van der Waals surface area (Å²) in [6.45, 7) is 0.0647. The molecule has 0 radical (unpaired) electrons. The van der Waals surface area contributed by atoms with Crippen molar-refractivity contribution in [2.24, 2.45) is 0 Å². The first-order valence-electron chi connectivity index (χ1n) is 6.43. The van der Waals surface area contributed by atoms with Crippen molar-refractivity contribution < 1.29 is 19.4 Å². The number of para-hydroxylation sites is 1. The van der Waals surface area contributed by atoms with Gasteiger partial charge in [0.2, 0.25) is 0 Å². The van der Waals surface area contributed by atoms with Crippen LogP contribution in [0.25, 0.3) is 11.6 Å². The third-order valence-electron chi connectivity index (χ3n) is 2.85. The molecule has 0 aromatic heterocycles. The molecule has 4 heteroatoms. The number of carbonyl (C=O) groups is 1. The lowest BCUT2D eigenvalue weighted by Crippen LogP contribution is -2.05. The van der Waals surface area contributed by atoms with E-state index in [0.717, 1.165) is 5.56 Å². The molecule has 0 aliphatic heterocycles. The Morgan fingerprint density at radius 3 is 2.43 bits per heavy atom. The topological polar surface area (TPSA) is 55.8 Å². The average Bonchev–Trinajstić information content (AvgIpc) is 2.52. The fourth-order valence-corrected chi connectivity index (χ4v) is 1.91. The van der Waals surface area contributed by atoms with E-state index in [1.807, 2.05) is 30.3 Å². The molecule has 0 fully saturated rings. The Balaban J connectivity index is 2.44. The van der Waals surface area contributed by atoms with Crippen molar-refractivity contribution in [2.75, 3.05) is 13.9 Å². The quantitative estimate of drug-likeness (QED) is 0.502. The van der Waals surface area contributed by atoms with E-state index in [9.17, 15) is 9.90 Å². The SMILES string of the molecule is COCOc1ccccc1/C(=C/c1ccccc1)C(=O)O. The monoisotopic (exact) mass is 284 g/mol. The first-order valence-corrected chi connectivity index (χ1v) is 6.43. The maximum absolute atomic E-state index is 11.6. The lowest BCUT2D eigenvalue weighted by molar-refractivity contribution is -0.130.